The molecule has 0 spiro atoms. The van der Waals surface area contributed by atoms with Gasteiger partial charge in [0.1, 0.15) is 23.6 Å². The second kappa shape index (κ2) is 6.79. The first-order valence-electron chi connectivity index (χ1n) is 7.95. The summed E-state index contributed by atoms with van der Waals surface area (Å²) in [7, 11) is 0. The molecule has 0 bridgehead atoms. The van der Waals surface area contributed by atoms with Crippen LogP contribution >= 0.6 is 0 Å². The van der Waals surface area contributed by atoms with Crippen LogP contribution in [0.5, 0.6) is 11.5 Å². The lowest BCUT2D eigenvalue weighted by atomic mass is 10.2. The van der Waals surface area contributed by atoms with Gasteiger partial charge in [-0.2, -0.15) is 9.49 Å². The van der Waals surface area contributed by atoms with Gasteiger partial charge in [0.25, 0.3) is 5.91 Å². The second-order valence-corrected chi connectivity index (χ2v) is 5.72. The molecule has 1 N–H and O–H groups in total. The van der Waals surface area contributed by atoms with Crippen LogP contribution in [0.1, 0.15) is 15.9 Å². The highest BCUT2D eigenvalue weighted by Gasteiger charge is 2.16. The lowest BCUT2D eigenvalue weighted by Gasteiger charge is -2.10. The summed E-state index contributed by atoms with van der Waals surface area (Å²) < 4.78 is 20.5. The van der Waals surface area contributed by atoms with E-state index in [0.717, 1.165) is 5.56 Å². The standard InChI is InChI=1S/C18H13FN6O2/c1-11-5-12(8-20-7-11)27-13-6-14(17-21-10-22-25(17)9-13)18(26)24-16-4-2-3-15(19)23-16/h2-10H,1H3,(H,23,24,26). The van der Waals surface area contributed by atoms with E-state index in [0.29, 0.717) is 17.1 Å². The number of rotatable bonds is 4. The number of hydrogen-bond acceptors (Lipinski definition) is 6. The molecule has 0 saturated carbocycles. The highest BCUT2D eigenvalue weighted by molar-refractivity contribution is 6.08. The smallest absolute Gasteiger partial charge is 0.260 e. The van der Waals surface area contributed by atoms with Gasteiger partial charge in [-0.1, -0.05) is 6.07 Å². The van der Waals surface area contributed by atoms with Crippen molar-refractivity contribution in [3.8, 4) is 11.5 Å². The lowest BCUT2D eigenvalue weighted by Crippen LogP contribution is -2.15. The number of pyridine rings is 3. The van der Waals surface area contributed by atoms with Crippen LogP contribution < -0.4 is 10.1 Å². The van der Waals surface area contributed by atoms with Crippen molar-refractivity contribution in [1.29, 1.82) is 0 Å². The predicted octanol–water partition coefficient (Wildman–Crippen LogP) is 3.01. The molecule has 0 aliphatic carbocycles. The Morgan fingerprint density at radius 3 is 2.93 bits per heavy atom. The molecule has 134 valence electrons. The van der Waals surface area contributed by atoms with Gasteiger partial charge in [-0.3, -0.25) is 9.78 Å². The van der Waals surface area contributed by atoms with E-state index in [4.69, 9.17) is 4.74 Å². The van der Waals surface area contributed by atoms with Crippen molar-refractivity contribution in [2.24, 2.45) is 0 Å². The number of aryl methyl sites for hydroxylation is 1. The van der Waals surface area contributed by atoms with Crippen LogP contribution in [0.25, 0.3) is 5.65 Å². The molecule has 0 fully saturated rings. The molecule has 0 aromatic carbocycles. The lowest BCUT2D eigenvalue weighted by molar-refractivity contribution is 0.102. The van der Waals surface area contributed by atoms with E-state index in [-0.39, 0.29) is 11.4 Å². The largest absolute Gasteiger partial charge is 0.454 e. The zero-order valence-corrected chi connectivity index (χ0v) is 14.1. The highest BCUT2D eigenvalue weighted by Crippen LogP contribution is 2.24. The minimum absolute atomic E-state index is 0.0897. The number of carbonyl (C=O) groups is 1. The summed E-state index contributed by atoms with van der Waals surface area (Å²) >= 11 is 0. The summed E-state index contributed by atoms with van der Waals surface area (Å²) in [5, 5.41) is 6.60. The molecule has 9 heteroatoms. The number of nitrogens with one attached hydrogen (secondary N) is 1. The quantitative estimate of drug-likeness (QED) is 0.560. The number of carbonyl (C=O) groups excluding carboxylic acids is 1. The SMILES string of the molecule is Cc1cncc(Oc2cc(C(=O)Nc3cccc(F)n3)c3ncnn3c2)c1. The minimum Gasteiger partial charge on any atom is -0.454 e. The Labute approximate surface area is 152 Å². The Hall–Kier alpha value is -3.88. The Balaban J connectivity index is 1.69. The third-order valence-corrected chi connectivity index (χ3v) is 3.64. The van der Waals surface area contributed by atoms with Gasteiger partial charge in [0.15, 0.2) is 5.65 Å². The summed E-state index contributed by atoms with van der Waals surface area (Å²) in [4.78, 5) is 24.5. The molecular formula is C18H13FN6O2. The Morgan fingerprint density at radius 1 is 1.22 bits per heavy atom. The average molecular weight is 364 g/mol. The number of ether oxygens (including phenoxy) is 1. The van der Waals surface area contributed by atoms with E-state index in [9.17, 15) is 9.18 Å². The van der Waals surface area contributed by atoms with Crippen LogP contribution in [0.3, 0.4) is 0 Å². The van der Waals surface area contributed by atoms with Crippen molar-refractivity contribution in [2.75, 3.05) is 5.32 Å². The van der Waals surface area contributed by atoms with E-state index in [2.05, 4.69) is 25.4 Å². The molecule has 4 aromatic heterocycles. The molecule has 0 atom stereocenters. The van der Waals surface area contributed by atoms with Gasteiger partial charge < -0.3 is 10.1 Å². The maximum atomic E-state index is 13.2. The van der Waals surface area contributed by atoms with Crippen molar-refractivity contribution in [3.63, 3.8) is 0 Å². The van der Waals surface area contributed by atoms with Crippen molar-refractivity contribution in [2.45, 2.75) is 6.92 Å². The molecule has 1 amide bonds. The van der Waals surface area contributed by atoms with Gasteiger partial charge in [-0.15, -0.1) is 0 Å². The first-order valence-corrected chi connectivity index (χ1v) is 7.95. The third-order valence-electron chi connectivity index (χ3n) is 3.64. The molecule has 0 saturated heterocycles. The normalized spacial score (nSPS) is 10.7. The number of hydrogen-bond donors (Lipinski definition) is 1. The summed E-state index contributed by atoms with van der Waals surface area (Å²) in [6.07, 6.45) is 6.19. The number of fused-ring (bicyclic) bond motifs is 1. The Morgan fingerprint density at radius 2 is 2.11 bits per heavy atom. The molecule has 4 heterocycles. The molecule has 4 rings (SSSR count). The van der Waals surface area contributed by atoms with Gasteiger partial charge in [-0.25, -0.2) is 14.5 Å². The van der Waals surface area contributed by atoms with Crippen LogP contribution in [0.4, 0.5) is 10.2 Å². The highest BCUT2D eigenvalue weighted by atomic mass is 19.1. The van der Waals surface area contributed by atoms with Gasteiger partial charge in [-0.05, 0) is 36.8 Å². The van der Waals surface area contributed by atoms with E-state index in [1.54, 1.807) is 18.6 Å². The molecule has 8 nitrogen and oxygen atoms in total. The number of anilines is 1. The predicted molar refractivity (Wildman–Crippen MR) is 94.2 cm³/mol. The molecule has 0 aliphatic rings. The van der Waals surface area contributed by atoms with Crippen LogP contribution in [0.2, 0.25) is 0 Å². The molecule has 4 aromatic rings. The van der Waals surface area contributed by atoms with Crippen molar-refractivity contribution in [3.05, 3.63) is 72.3 Å². The summed E-state index contributed by atoms with van der Waals surface area (Å²) in [6, 6.07) is 7.47. The van der Waals surface area contributed by atoms with Crippen LogP contribution in [-0.2, 0) is 0 Å². The summed E-state index contributed by atoms with van der Waals surface area (Å²) in [5.41, 5.74) is 1.47. The maximum absolute atomic E-state index is 13.2. The molecule has 0 aliphatic heterocycles. The van der Waals surface area contributed by atoms with Crippen molar-refractivity contribution < 1.29 is 13.9 Å². The summed E-state index contributed by atoms with van der Waals surface area (Å²) in [5.74, 6) is -0.222. The van der Waals surface area contributed by atoms with Crippen LogP contribution in [0, 0.1) is 12.9 Å². The van der Waals surface area contributed by atoms with E-state index >= 15 is 0 Å². The van der Waals surface area contributed by atoms with Gasteiger partial charge in [0, 0.05) is 6.20 Å². The maximum Gasteiger partial charge on any atom is 0.260 e. The van der Waals surface area contributed by atoms with Crippen molar-refractivity contribution >= 4 is 17.4 Å². The number of amides is 1. The van der Waals surface area contributed by atoms with Gasteiger partial charge >= 0.3 is 0 Å². The van der Waals surface area contributed by atoms with Gasteiger partial charge in [0.05, 0.1) is 18.0 Å². The first-order chi connectivity index (χ1) is 13.1. The Bertz CT molecular complexity index is 1140. The third kappa shape index (κ3) is 3.56. The average Bonchev–Trinajstić information content (AvgIpc) is 3.09. The molecule has 27 heavy (non-hydrogen) atoms. The Kier molecular flexibility index (Phi) is 4.17. The van der Waals surface area contributed by atoms with Crippen LogP contribution in [0.15, 0.2) is 55.2 Å². The molecular weight excluding hydrogens is 351 g/mol. The number of nitrogens with zero attached hydrogens (tertiary/aromatic N) is 5. The first kappa shape index (κ1) is 16.6. The van der Waals surface area contributed by atoms with E-state index in [1.807, 2.05) is 13.0 Å². The topological polar surface area (TPSA) is 94.3 Å². The fourth-order valence-electron chi connectivity index (χ4n) is 2.51. The fraction of sp³-hybridized carbons (Fsp3) is 0.0556. The molecule has 0 unspecified atom stereocenters. The number of halogens is 1. The molecule has 0 radical (unpaired) electrons. The van der Waals surface area contributed by atoms with Crippen LogP contribution in [-0.4, -0.2) is 30.5 Å². The second-order valence-electron chi connectivity index (χ2n) is 5.72. The fourth-order valence-corrected chi connectivity index (χ4v) is 2.51. The van der Waals surface area contributed by atoms with E-state index in [1.165, 1.54) is 35.1 Å². The number of aromatic nitrogens is 5. The van der Waals surface area contributed by atoms with Crippen molar-refractivity contribution in [1.82, 2.24) is 24.6 Å². The summed E-state index contributed by atoms with van der Waals surface area (Å²) in [6.45, 7) is 1.89. The van der Waals surface area contributed by atoms with E-state index < -0.39 is 11.9 Å². The zero-order valence-electron chi connectivity index (χ0n) is 14.1. The zero-order chi connectivity index (χ0) is 18.8. The van der Waals surface area contributed by atoms with Gasteiger partial charge in [0.2, 0.25) is 5.95 Å². The minimum atomic E-state index is -0.690. The monoisotopic (exact) mass is 364 g/mol.